The molecule has 2 aromatic carbocycles. The van der Waals surface area contributed by atoms with E-state index in [-0.39, 0.29) is 5.91 Å². The number of amides is 1. The summed E-state index contributed by atoms with van der Waals surface area (Å²) in [5.74, 6) is 0.362. The quantitative estimate of drug-likeness (QED) is 0.538. The third kappa shape index (κ3) is 3.23. The van der Waals surface area contributed by atoms with Crippen LogP contribution in [0, 0.1) is 0 Å². The molecule has 1 N–H and O–H groups in total. The van der Waals surface area contributed by atoms with Crippen molar-refractivity contribution in [3.8, 4) is 11.5 Å². The van der Waals surface area contributed by atoms with Crippen LogP contribution in [0.25, 0.3) is 0 Å². The summed E-state index contributed by atoms with van der Waals surface area (Å²) in [4.78, 5) is 23.5. The molecule has 1 heterocycles. The standard InChI is InChI=1S/C18H15NO4/c1-2-5-16(20)22-13-10-8-12(9-11-13)18-19-17(21)14-6-3-4-7-15(14)23-18/h2-11,18H,1H3,(H,19,21)/b5-2+/t18-/m1/s1. The van der Waals surface area contributed by atoms with E-state index in [1.807, 2.05) is 6.07 Å². The second-order valence-corrected chi connectivity index (χ2v) is 4.96. The number of hydrogen-bond acceptors (Lipinski definition) is 4. The maximum atomic E-state index is 12.1. The molecule has 0 unspecified atom stereocenters. The second-order valence-electron chi connectivity index (χ2n) is 4.96. The lowest BCUT2D eigenvalue weighted by atomic mass is 10.1. The number of allylic oxidation sites excluding steroid dienone is 1. The Labute approximate surface area is 133 Å². The molecule has 2 aromatic rings. The number of fused-ring (bicyclic) bond motifs is 1. The molecule has 0 aromatic heterocycles. The van der Waals surface area contributed by atoms with Gasteiger partial charge in [-0.2, -0.15) is 0 Å². The Kier molecular flexibility index (Phi) is 4.10. The molecule has 1 aliphatic rings. The summed E-state index contributed by atoms with van der Waals surface area (Å²) >= 11 is 0. The van der Waals surface area contributed by atoms with E-state index in [0.717, 1.165) is 5.56 Å². The summed E-state index contributed by atoms with van der Waals surface area (Å²) < 4.78 is 10.9. The van der Waals surface area contributed by atoms with Crippen molar-refractivity contribution in [2.24, 2.45) is 0 Å². The Morgan fingerprint density at radius 3 is 2.65 bits per heavy atom. The second kappa shape index (κ2) is 6.36. The van der Waals surface area contributed by atoms with E-state index < -0.39 is 12.2 Å². The lowest BCUT2D eigenvalue weighted by Gasteiger charge is -2.26. The van der Waals surface area contributed by atoms with Gasteiger partial charge in [0, 0.05) is 11.6 Å². The summed E-state index contributed by atoms with van der Waals surface area (Å²) in [6.07, 6.45) is 2.38. The Hall–Kier alpha value is -3.08. The van der Waals surface area contributed by atoms with Gasteiger partial charge >= 0.3 is 5.97 Å². The van der Waals surface area contributed by atoms with E-state index in [0.29, 0.717) is 17.1 Å². The summed E-state index contributed by atoms with van der Waals surface area (Å²) in [5, 5.41) is 2.79. The van der Waals surface area contributed by atoms with Gasteiger partial charge in [0.05, 0.1) is 5.56 Å². The Balaban J connectivity index is 1.76. The van der Waals surface area contributed by atoms with Gasteiger partial charge in [-0.15, -0.1) is 0 Å². The summed E-state index contributed by atoms with van der Waals surface area (Å²) in [6, 6.07) is 13.9. The first-order chi connectivity index (χ1) is 11.2. The molecule has 0 aliphatic carbocycles. The number of nitrogens with one attached hydrogen (secondary N) is 1. The van der Waals surface area contributed by atoms with Crippen molar-refractivity contribution in [2.45, 2.75) is 13.2 Å². The average molecular weight is 309 g/mol. The molecule has 116 valence electrons. The van der Waals surface area contributed by atoms with Crippen LogP contribution in [0.15, 0.2) is 60.7 Å². The molecule has 0 radical (unpaired) electrons. The van der Waals surface area contributed by atoms with Crippen LogP contribution in [-0.4, -0.2) is 11.9 Å². The van der Waals surface area contributed by atoms with Crippen molar-refractivity contribution in [3.05, 3.63) is 71.8 Å². The van der Waals surface area contributed by atoms with Gasteiger partial charge in [0.1, 0.15) is 11.5 Å². The van der Waals surface area contributed by atoms with Gasteiger partial charge < -0.3 is 14.8 Å². The van der Waals surface area contributed by atoms with Crippen LogP contribution in [-0.2, 0) is 4.79 Å². The normalized spacial score (nSPS) is 16.4. The largest absolute Gasteiger partial charge is 0.466 e. The van der Waals surface area contributed by atoms with E-state index in [1.54, 1.807) is 55.5 Å². The maximum Gasteiger partial charge on any atom is 0.335 e. The number of carbonyl (C=O) groups excluding carboxylic acids is 2. The van der Waals surface area contributed by atoms with Crippen LogP contribution >= 0.6 is 0 Å². The molecule has 0 spiro atoms. The third-order valence-corrected chi connectivity index (χ3v) is 3.34. The van der Waals surface area contributed by atoms with Crippen LogP contribution in [0.1, 0.15) is 29.1 Å². The molecule has 5 heteroatoms. The van der Waals surface area contributed by atoms with Crippen LogP contribution in [0.2, 0.25) is 0 Å². The number of para-hydroxylation sites is 1. The van der Waals surface area contributed by atoms with Gasteiger partial charge in [-0.25, -0.2) is 4.79 Å². The van der Waals surface area contributed by atoms with Crippen molar-refractivity contribution in [1.29, 1.82) is 0 Å². The van der Waals surface area contributed by atoms with Crippen molar-refractivity contribution in [2.75, 3.05) is 0 Å². The molecule has 0 saturated heterocycles. The molecular weight excluding hydrogens is 294 g/mol. The van der Waals surface area contributed by atoms with E-state index in [9.17, 15) is 9.59 Å². The average Bonchev–Trinajstić information content (AvgIpc) is 2.56. The molecule has 5 nitrogen and oxygen atoms in total. The lowest BCUT2D eigenvalue weighted by Crippen LogP contribution is -2.36. The van der Waals surface area contributed by atoms with Crippen molar-refractivity contribution < 1.29 is 19.1 Å². The highest BCUT2D eigenvalue weighted by molar-refractivity contribution is 5.98. The number of rotatable bonds is 3. The predicted octanol–water partition coefficient (Wildman–Crippen LogP) is 2.99. The lowest BCUT2D eigenvalue weighted by molar-refractivity contribution is -0.129. The fourth-order valence-electron chi connectivity index (χ4n) is 2.26. The third-order valence-electron chi connectivity index (χ3n) is 3.34. The van der Waals surface area contributed by atoms with Crippen LogP contribution in [0.3, 0.4) is 0 Å². The van der Waals surface area contributed by atoms with Gasteiger partial charge in [0.15, 0.2) is 6.23 Å². The monoisotopic (exact) mass is 309 g/mol. The van der Waals surface area contributed by atoms with E-state index >= 15 is 0 Å². The van der Waals surface area contributed by atoms with Crippen LogP contribution in [0.4, 0.5) is 0 Å². The molecule has 23 heavy (non-hydrogen) atoms. The Morgan fingerprint density at radius 2 is 1.91 bits per heavy atom. The number of esters is 1. The van der Waals surface area contributed by atoms with Gasteiger partial charge in [-0.1, -0.05) is 18.2 Å². The summed E-state index contributed by atoms with van der Waals surface area (Å²) in [5.41, 5.74) is 1.28. The van der Waals surface area contributed by atoms with Crippen LogP contribution in [0.5, 0.6) is 11.5 Å². The van der Waals surface area contributed by atoms with Crippen LogP contribution < -0.4 is 14.8 Å². The van der Waals surface area contributed by atoms with Crippen molar-refractivity contribution in [1.82, 2.24) is 5.32 Å². The van der Waals surface area contributed by atoms with Gasteiger partial charge in [0.25, 0.3) is 5.91 Å². The Morgan fingerprint density at radius 1 is 1.17 bits per heavy atom. The minimum Gasteiger partial charge on any atom is -0.466 e. The molecular formula is C18H15NO4. The fourth-order valence-corrected chi connectivity index (χ4v) is 2.26. The molecule has 3 rings (SSSR count). The highest BCUT2D eigenvalue weighted by Crippen LogP contribution is 2.29. The highest BCUT2D eigenvalue weighted by Gasteiger charge is 2.26. The summed E-state index contributed by atoms with van der Waals surface area (Å²) in [7, 11) is 0. The topological polar surface area (TPSA) is 64.6 Å². The minimum absolute atomic E-state index is 0.180. The first-order valence-electron chi connectivity index (χ1n) is 7.18. The van der Waals surface area contributed by atoms with Crippen molar-refractivity contribution >= 4 is 11.9 Å². The van der Waals surface area contributed by atoms with Gasteiger partial charge in [-0.3, -0.25) is 4.79 Å². The molecule has 0 bridgehead atoms. The molecule has 1 atom stereocenters. The molecule has 0 fully saturated rings. The van der Waals surface area contributed by atoms with E-state index in [2.05, 4.69) is 5.32 Å². The first-order valence-corrected chi connectivity index (χ1v) is 7.18. The molecule has 1 aliphatic heterocycles. The molecule has 0 saturated carbocycles. The smallest absolute Gasteiger partial charge is 0.335 e. The maximum absolute atomic E-state index is 12.1. The fraction of sp³-hybridized carbons (Fsp3) is 0.111. The predicted molar refractivity (Wildman–Crippen MR) is 84.2 cm³/mol. The van der Waals surface area contributed by atoms with Gasteiger partial charge in [0.2, 0.25) is 0 Å². The van der Waals surface area contributed by atoms with Crippen molar-refractivity contribution in [3.63, 3.8) is 0 Å². The van der Waals surface area contributed by atoms with E-state index in [4.69, 9.17) is 9.47 Å². The summed E-state index contributed by atoms with van der Waals surface area (Å²) in [6.45, 7) is 1.74. The highest BCUT2D eigenvalue weighted by atomic mass is 16.5. The number of benzene rings is 2. The number of hydrogen-bond donors (Lipinski definition) is 1. The number of ether oxygens (including phenoxy) is 2. The Bertz CT molecular complexity index is 765. The minimum atomic E-state index is -0.572. The zero-order valence-electron chi connectivity index (χ0n) is 12.5. The van der Waals surface area contributed by atoms with Gasteiger partial charge in [-0.05, 0) is 43.3 Å². The van der Waals surface area contributed by atoms with E-state index in [1.165, 1.54) is 6.08 Å². The number of carbonyl (C=O) groups is 2. The molecule has 1 amide bonds. The SMILES string of the molecule is C/C=C/C(=O)Oc1ccc([C@@H]2NC(=O)c3ccccc3O2)cc1. The zero-order valence-corrected chi connectivity index (χ0v) is 12.5. The first kappa shape index (κ1) is 14.8. The zero-order chi connectivity index (χ0) is 16.2.